The zero-order chi connectivity index (χ0) is 10.1. The van der Waals surface area contributed by atoms with Crippen molar-refractivity contribution in [1.29, 1.82) is 0 Å². The minimum atomic E-state index is -0.566. The zero-order valence-electron chi connectivity index (χ0n) is 7.90. The first-order chi connectivity index (χ1) is 6.72. The van der Waals surface area contributed by atoms with Crippen LogP contribution in [0.1, 0.15) is 6.92 Å². The maximum Gasteiger partial charge on any atom is 0.417 e. The molecule has 0 radical (unpaired) electrons. The molecule has 76 valence electrons. The molecular formula is C9H12N2O3. The number of carbonyl (C=O) groups is 2. The first-order valence-corrected chi connectivity index (χ1v) is 4.65. The van der Waals surface area contributed by atoms with Crippen molar-refractivity contribution in [3.05, 3.63) is 12.2 Å². The van der Waals surface area contributed by atoms with Gasteiger partial charge in [-0.15, -0.1) is 0 Å². The Morgan fingerprint density at radius 1 is 1.71 bits per heavy atom. The van der Waals surface area contributed by atoms with E-state index in [1.807, 2.05) is 12.2 Å². The van der Waals surface area contributed by atoms with Crippen LogP contribution in [0.25, 0.3) is 0 Å². The van der Waals surface area contributed by atoms with Crippen molar-refractivity contribution in [1.82, 2.24) is 10.2 Å². The van der Waals surface area contributed by atoms with Crippen LogP contribution in [0.15, 0.2) is 12.2 Å². The van der Waals surface area contributed by atoms with E-state index >= 15 is 0 Å². The van der Waals surface area contributed by atoms with Crippen molar-refractivity contribution < 1.29 is 14.3 Å². The fraction of sp³-hybridized carbons (Fsp3) is 0.556. The van der Waals surface area contributed by atoms with E-state index in [9.17, 15) is 9.59 Å². The number of urea groups is 1. The maximum atomic E-state index is 11.4. The Labute approximate surface area is 81.7 Å². The number of nitrogens with one attached hydrogen (secondary N) is 1. The standard InChI is InChI=1S/C9H12N2O3/c1-2-14-9(13)11-5-6-3-4-7(6)10-8(11)12/h3-4,6-7H,2,5H2,1H3,(H,10,12)/t6-,7-/m0/s1. The summed E-state index contributed by atoms with van der Waals surface area (Å²) in [5.74, 6) is 0.247. The molecule has 2 rings (SSSR count). The Hall–Kier alpha value is -1.52. The Morgan fingerprint density at radius 3 is 3.07 bits per heavy atom. The number of hydrogen-bond donors (Lipinski definition) is 1. The highest BCUT2D eigenvalue weighted by molar-refractivity contribution is 5.92. The van der Waals surface area contributed by atoms with Gasteiger partial charge in [-0.3, -0.25) is 0 Å². The quantitative estimate of drug-likeness (QED) is 0.629. The van der Waals surface area contributed by atoms with Crippen LogP contribution in [0, 0.1) is 5.92 Å². The Bertz CT molecular complexity index is 300. The summed E-state index contributed by atoms with van der Waals surface area (Å²) in [5, 5.41) is 2.70. The van der Waals surface area contributed by atoms with Crippen molar-refractivity contribution in [2.45, 2.75) is 13.0 Å². The van der Waals surface area contributed by atoms with Gasteiger partial charge in [0.2, 0.25) is 0 Å². The lowest BCUT2D eigenvalue weighted by Gasteiger charge is -2.39. The van der Waals surface area contributed by atoms with E-state index in [-0.39, 0.29) is 24.6 Å². The van der Waals surface area contributed by atoms with E-state index in [4.69, 9.17) is 4.74 Å². The molecule has 0 aromatic carbocycles. The van der Waals surface area contributed by atoms with Crippen LogP contribution in [0.2, 0.25) is 0 Å². The SMILES string of the molecule is CCOC(=O)N1C[C@@H]2C=C[C@@H]2NC1=O. The number of nitrogens with zero attached hydrogens (tertiary/aromatic N) is 1. The number of carbonyl (C=O) groups excluding carboxylic acids is 2. The molecular weight excluding hydrogens is 184 g/mol. The minimum absolute atomic E-state index is 0.105. The van der Waals surface area contributed by atoms with E-state index in [1.54, 1.807) is 6.92 Å². The third kappa shape index (κ3) is 1.34. The summed E-state index contributed by atoms with van der Waals surface area (Å²) >= 11 is 0. The molecule has 1 N–H and O–H groups in total. The number of fused-ring (bicyclic) bond motifs is 1. The molecule has 1 heterocycles. The topological polar surface area (TPSA) is 58.6 Å². The van der Waals surface area contributed by atoms with Gasteiger partial charge in [0.05, 0.1) is 12.6 Å². The molecule has 0 aromatic heterocycles. The van der Waals surface area contributed by atoms with Gasteiger partial charge in [0.25, 0.3) is 0 Å². The predicted molar refractivity (Wildman–Crippen MR) is 48.7 cm³/mol. The fourth-order valence-electron chi connectivity index (χ4n) is 1.58. The highest BCUT2D eigenvalue weighted by Gasteiger charge is 2.38. The third-order valence-electron chi connectivity index (χ3n) is 2.44. The van der Waals surface area contributed by atoms with Gasteiger partial charge in [-0.1, -0.05) is 12.2 Å². The van der Waals surface area contributed by atoms with Crippen LogP contribution < -0.4 is 5.32 Å². The number of amides is 3. The molecule has 1 saturated heterocycles. The van der Waals surface area contributed by atoms with Gasteiger partial charge in [-0.05, 0) is 6.92 Å². The van der Waals surface area contributed by atoms with E-state index in [1.165, 1.54) is 0 Å². The van der Waals surface area contributed by atoms with Gasteiger partial charge in [0.1, 0.15) is 0 Å². The van der Waals surface area contributed by atoms with Crippen LogP contribution in [0.3, 0.4) is 0 Å². The number of hydrogen-bond acceptors (Lipinski definition) is 3. The minimum Gasteiger partial charge on any atom is -0.449 e. The van der Waals surface area contributed by atoms with Crippen molar-refractivity contribution in [2.24, 2.45) is 5.92 Å². The summed E-state index contributed by atoms with van der Waals surface area (Å²) in [7, 11) is 0. The van der Waals surface area contributed by atoms with Gasteiger partial charge >= 0.3 is 12.1 Å². The third-order valence-corrected chi connectivity index (χ3v) is 2.44. The van der Waals surface area contributed by atoms with Crippen LogP contribution in [-0.2, 0) is 4.74 Å². The first-order valence-electron chi connectivity index (χ1n) is 4.65. The molecule has 0 spiro atoms. The molecule has 2 atom stereocenters. The summed E-state index contributed by atoms with van der Waals surface area (Å²) < 4.78 is 4.76. The van der Waals surface area contributed by atoms with E-state index in [0.717, 1.165) is 4.90 Å². The van der Waals surface area contributed by atoms with Gasteiger partial charge in [-0.2, -0.15) is 0 Å². The average Bonchev–Trinajstić information content (AvgIpc) is 2.11. The predicted octanol–water partition coefficient (Wildman–Crippen LogP) is 0.723. The summed E-state index contributed by atoms with van der Waals surface area (Å²) in [6.45, 7) is 2.42. The molecule has 5 nitrogen and oxygen atoms in total. The van der Waals surface area contributed by atoms with Gasteiger partial charge in [0, 0.05) is 12.5 Å². The Balaban J connectivity index is 2.01. The van der Waals surface area contributed by atoms with Crippen molar-refractivity contribution in [2.75, 3.05) is 13.2 Å². The Morgan fingerprint density at radius 2 is 2.50 bits per heavy atom. The highest BCUT2D eigenvalue weighted by atomic mass is 16.6. The molecule has 1 fully saturated rings. The normalized spacial score (nSPS) is 28.9. The summed E-state index contributed by atoms with van der Waals surface area (Å²) in [6.07, 6.45) is 3.34. The number of ether oxygens (including phenoxy) is 1. The first kappa shape index (κ1) is 9.05. The van der Waals surface area contributed by atoms with Crippen LogP contribution in [0.4, 0.5) is 9.59 Å². The monoisotopic (exact) mass is 196 g/mol. The summed E-state index contributed by atoms with van der Waals surface area (Å²) in [5.41, 5.74) is 0. The Kier molecular flexibility index (Phi) is 2.15. The molecule has 3 amide bonds. The average molecular weight is 196 g/mol. The molecule has 0 bridgehead atoms. The van der Waals surface area contributed by atoms with E-state index < -0.39 is 6.09 Å². The maximum absolute atomic E-state index is 11.4. The second-order valence-electron chi connectivity index (χ2n) is 3.33. The molecule has 1 aliphatic carbocycles. The highest BCUT2D eigenvalue weighted by Crippen LogP contribution is 2.23. The summed E-state index contributed by atoms with van der Waals surface area (Å²) in [6, 6.07) is -0.262. The number of rotatable bonds is 1. The van der Waals surface area contributed by atoms with E-state index in [2.05, 4.69) is 5.32 Å². The lowest BCUT2D eigenvalue weighted by atomic mass is 9.87. The molecule has 0 saturated carbocycles. The largest absolute Gasteiger partial charge is 0.449 e. The molecule has 1 aliphatic heterocycles. The smallest absolute Gasteiger partial charge is 0.417 e. The molecule has 0 aromatic rings. The number of imide groups is 1. The van der Waals surface area contributed by atoms with Crippen LogP contribution in [0.5, 0.6) is 0 Å². The van der Waals surface area contributed by atoms with Gasteiger partial charge in [-0.25, -0.2) is 14.5 Å². The van der Waals surface area contributed by atoms with Crippen molar-refractivity contribution in [3.63, 3.8) is 0 Å². The molecule has 5 heteroatoms. The zero-order valence-corrected chi connectivity index (χ0v) is 7.90. The second kappa shape index (κ2) is 3.32. The molecule has 14 heavy (non-hydrogen) atoms. The van der Waals surface area contributed by atoms with Crippen molar-refractivity contribution in [3.8, 4) is 0 Å². The lowest BCUT2D eigenvalue weighted by molar-refractivity contribution is 0.0997. The van der Waals surface area contributed by atoms with Gasteiger partial charge in [0.15, 0.2) is 0 Å². The summed E-state index contributed by atoms with van der Waals surface area (Å²) in [4.78, 5) is 23.8. The molecule has 2 aliphatic rings. The van der Waals surface area contributed by atoms with Gasteiger partial charge < -0.3 is 10.1 Å². The van der Waals surface area contributed by atoms with E-state index in [0.29, 0.717) is 6.54 Å². The molecule has 0 unspecified atom stereocenters. The lowest BCUT2D eigenvalue weighted by Crippen LogP contribution is -2.59. The fourth-order valence-corrected chi connectivity index (χ4v) is 1.58. The van der Waals surface area contributed by atoms with Crippen LogP contribution >= 0.6 is 0 Å². The van der Waals surface area contributed by atoms with Crippen LogP contribution in [-0.4, -0.2) is 36.2 Å². The van der Waals surface area contributed by atoms with Crippen molar-refractivity contribution >= 4 is 12.1 Å². The second-order valence-corrected chi connectivity index (χ2v) is 3.33.